The smallest absolute Gasteiger partial charge is 0.273 e. The van der Waals surface area contributed by atoms with Crippen molar-refractivity contribution >= 4 is 21.6 Å². The number of amides is 1. The molecule has 0 bridgehead atoms. The number of rotatable bonds is 7. The number of hydrogen-bond donors (Lipinski definition) is 1. The van der Waals surface area contributed by atoms with Gasteiger partial charge in [0.05, 0.1) is 24.7 Å². The van der Waals surface area contributed by atoms with E-state index in [2.05, 4.69) is 17.3 Å². The van der Waals surface area contributed by atoms with E-state index in [4.69, 9.17) is 4.74 Å². The van der Waals surface area contributed by atoms with Gasteiger partial charge in [-0.3, -0.25) is 9.48 Å². The Morgan fingerprint density at radius 1 is 1.21 bits per heavy atom. The molecule has 2 aromatic rings. The number of benzene rings is 1. The van der Waals surface area contributed by atoms with E-state index >= 15 is 0 Å². The maximum absolute atomic E-state index is 12.5. The van der Waals surface area contributed by atoms with Gasteiger partial charge in [0.1, 0.15) is 5.69 Å². The molecule has 1 aliphatic rings. The van der Waals surface area contributed by atoms with Gasteiger partial charge < -0.3 is 10.1 Å². The van der Waals surface area contributed by atoms with Crippen LogP contribution in [-0.2, 0) is 34.0 Å². The Balaban J connectivity index is 1.63. The molecule has 1 fully saturated rings. The van der Waals surface area contributed by atoms with Crippen molar-refractivity contribution in [3.05, 3.63) is 47.3 Å². The Kier molecular flexibility index (Phi) is 6.48. The number of anilines is 1. The molecule has 0 saturated carbocycles. The molecular formula is C19H26N4O4S. The van der Waals surface area contributed by atoms with Crippen LogP contribution in [0.25, 0.3) is 0 Å². The average molecular weight is 407 g/mol. The van der Waals surface area contributed by atoms with Crippen molar-refractivity contribution in [3.63, 3.8) is 0 Å². The van der Waals surface area contributed by atoms with Crippen LogP contribution in [0.1, 0.15) is 35.1 Å². The van der Waals surface area contributed by atoms with Crippen LogP contribution in [-0.4, -0.2) is 54.7 Å². The third-order valence-electron chi connectivity index (χ3n) is 4.59. The summed E-state index contributed by atoms with van der Waals surface area (Å²) in [6.45, 7) is 3.70. The van der Waals surface area contributed by atoms with Crippen LogP contribution in [0.15, 0.2) is 30.3 Å². The van der Waals surface area contributed by atoms with E-state index in [-0.39, 0.29) is 11.7 Å². The summed E-state index contributed by atoms with van der Waals surface area (Å²) < 4.78 is 33.2. The minimum Gasteiger partial charge on any atom is -0.379 e. The highest BCUT2D eigenvalue weighted by Crippen LogP contribution is 2.16. The molecule has 1 saturated heterocycles. The van der Waals surface area contributed by atoms with Gasteiger partial charge in [-0.1, -0.05) is 25.5 Å². The van der Waals surface area contributed by atoms with Crippen molar-refractivity contribution in [1.29, 1.82) is 0 Å². The fraction of sp³-hybridized carbons (Fsp3) is 0.474. The highest BCUT2D eigenvalue weighted by molar-refractivity contribution is 7.88. The molecule has 1 amide bonds. The van der Waals surface area contributed by atoms with Gasteiger partial charge >= 0.3 is 0 Å². The van der Waals surface area contributed by atoms with Crippen LogP contribution in [0, 0.1) is 0 Å². The van der Waals surface area contributed by atoms with E-state index in [1.807, 2.05) is 0 Å². The van der Waals surface area contributed by atoms with E-state index in [9.17, 15) is 13.2 Å². The number of nitrogens with zero attached hydrogens (tertiary/aromatic N) is 3. The summed E-state index contributed by atoms with van der Waals surface area (Å²) in [6.07, 6.45) is 1.79. The van der Waals surface area contributed by atoms with E-state index in [1.54, 1.807) is 42.1 Å². The Bertz CT molecular complexity index is 916. The maximum Gasteiger partial charge on any atom is 0.273 e. The van der Waals surface area contributed by atoms with Crippen molar-refractivity contribution in [2.45, 2.75) is 25.5 Å². The predicted octanol–water partition coefficient (Wildman–Crippen LogP) is 1.79. The van der Waals surface area contributed by atoms with Crippen molar-refractivity contribution in [2.75, 3.05) is 31.6 Å². The van der Waals surface area contributed by atoms with Gasteiger partial charge in [0.2, 0.25) is 10.0 Å². The van der Waals surface area contributed by atoms with Crippen LogP contribution < -0.4 is 5.32 Å². The second-order valence-electron chi connectivity index (χ2n) is 6.81. The molecule has 0 unspecified atom stereocenters. The SMILES string of the molecule is CCCc1cc(C(=O)Nc2ccc(CS(=O)(=O)N3CCOCC3)cc2)n(C)n1. The lowest BCUT2D eigenvalue weighted by atomic mass is 10.2. The van der Waals surface area contributed by atoms with E-state index < -0.39 is 10.0 Å². The first-order valence-electron chi connectivity index (χ1n) is 9.38. The number of ether oxygens (including phenoxy) is 1. The Hall–Kier alpha value is -2.23. The van der Waals surface area contributed by atoms with Crippen LogP contribution in [0.4, 0.5) is 5.69 Å². The molecule has 2 heterocycles. The third kappa shape index (κ3) is 4.98. The summed E-state index contributed by atoms with van der Waals surface area (Å²) in [7, 11) is -1.63. The topological polar surface area (TPSA) is 93.5 Å². The minimum absolute atomic E-state index is 0.0661. The molecular weight excluding hydrogens is 380 g/mol. The molecule has 1 aromatic heterocycles. The number of aromatic nitrogens is 2. The third-order valence-corrected chi connectivity index (χ3v) is 6.44. The second kappa shape index (κ2) is 8.85. The minimum atomic E-state index is -3.37. The quantitative estimate of drug-likeness (QED) is 0.757. The first kappa shape index (κ1) is 20.5. The summed E-state index contributed by atoms with van der Waals surface area (Å²) in [6, 6.07) is 8.66. The number of carbonyl (C=O) groups excluding carboxylic acids is 1. The molecule has 28 heavy (non-hydrogen) atoms. The molecule has 0 atom stereocenters. The zero-order valence-corrected chi connectivity index (χ0v) is 17.0. The van der Waals surface area contributed by atoms with E-state index in [1.165, 1.54) is 4.31 Å². The zero-order valence-electron chi connectivity index (χ0n) is 16.2. The molecule has 0 spiro atoms. The van der Waals surface area contributed by atoms with E-state index in [0.29, 0.717) is 43.2 Å². The van der Waals surface area contributed by atoms with Crippen LogP contribution >= 0.6 is 0 Å². The Labute approximate surface area is 165 Å². The van der Waals surface area contributed by atoms with Gasteiger partial charge in [-0.2, -0.15) is 9.40 Å². The van der Waals surface area contributed by atoms with E-state index in [0.717, 1.165) is 18.5 Å². The molecule has 1 aliphatic heterocycles. The van der Waals surface area contributed by atoms with Crippen LogP contribution in [0.2, 0.25) is 0 Å². The normalized spacial score (nSPS) is 15.5. The molecule has 152 valence electrons. The van der Waals surface area contributed by atoms with Crippen molar-refractivity contribution in [2.24, 2.45) is 7.05 Å². The number of carbonyl (C=O) groups is 1. The summed E-state index contributed by atoms with van der Waals surface area (Å²) in [5, 5.41) is 7.17. The van der Waals surface area contributed by atoms with Gasteiger partial charge in [-0.15, -0.1) is 0 Å². The largest absolute Gasteiger partial charge is 0.379 e. The predicted molar refractivity (Wildman–Crippen MR) is 107 cm³/mol. The number of morpholine rings is 1. The van der Waals surface area contributed by atoms with Gasteiger partial charge in [0.15, 0.2) is 0 Å². The molecule has 9 heteroatoms. The van der Waals surface area contributed by atoms with Crippen LogP contribution in [0.3, 0.4) is 0 Å². The molecule has 8 nitrogen and oxygen atoms in total. The van der Waals surface area contributed by atoms with Gasteiger partial charge in [0, 0.05) is 25.8 Å². The summed E-state index contributed by atoms with van der Waals surface area (Å²) in [4.78, 5) is 12.5. The number of nitrogens with one attached hydrogen (secondary N) is 1. The lowest BCUT2D eigenvalue weighted by molar-refractivity contribution is 0.0729. The molecule has 1 aromatic carbocycles. The molecule has 0 radical (unpaired) electrons. The average Bonchev–Trinajstić information content (AvgIpc) is 3.04. The summed E-state index contributed by atoms with van der Waals surface area (Å²) >= 11 is 0. The fourth-order valence-electron chi connectivity index (χ4n) is 3.12. The summed E-state index contributed by atoms with van der Waals surface area (Å²) in [5.74, 6) is -0.311. The number of sulfonamides is 1. The van der Waals surface area contributed by atoms with Gasteiger partial charge in [-0.25, -0.2) is 8.42 Å². The lowest BCUT2D eigenvalue weighted by Crippen LogP contribution is -2.41. The number of hydrogen-bond acceptors (Lipinski definition) is 5. The zero-order chi connectivity index (χ0) is 20.1. The Morgan fingerprint density at radius 2 is 1.89 bits per heavy atom. The highest BCUT2D eigenvalue weighted by atomic mass is 32.2. The second-order valence-corrected chi connectivity index (χ2v) is 8.78. The number of aryl methyl sites for hydroxylation is 2. The Morgan fingerprint density at radius 3 is 2.54 bits per heavy atom. The monoisotopic (exact) mass is 406 g/mol. The van der Waals surface area contributed by atoms with Gasteiger partial charge in [0.25, 0.3) is 5.91 Å². The van der Waals surface area contributed by atoms with Crippen molar-refractivity contribution in [3.8, 4) is 0 Å². The molecule has 3 rings (SSSR count). The lowest BCUT2D eigenvalue weighted by Gasteiger charge is -2.26. The van der Waals surface area contributed by atoms with Gasteiger partial charge in [-0.05, 0) is 30.2 Å². The fourth-order valence-corrected chi connectivity index (χ4v) is 4.63. The summed E-state index contributed by atoms with van der Waals surface area (Å²) in [5.41, 5.74) is 2.66. The van der Waals surface area contributed by atoms with Crippen LogP contribution in [0.5, 0.6) is 0 Å². The maximum atomic E-state index is 12.5. The molecule has 1 N–H and O–H groups in total. The highest BCUT2D eigenvalue weighted by Gasteiger charge is 2.24. The van der Waals surface area contributed by atoms with Crippen molar-refractivity contribution < 1.29 is 17.9 Å². The first-order chi connectivity index (χ1) is 13.4. The molecule has 0 aliphatic carbocycles. The first-order valence-corrected chi connectivity index (χ1v) is 11.0. The van der Waals surface area contributed by atoms with Crippen molar-refractivity contribution in [1.82, 2.24) is 14.1 Å². The standard InChI is InChI=1S/C19H26N4O4S/c1-3-4-17-13-18(22(2)21-17)19(24)20-16-7-5-15(6-8-16)14-28(25,26)23-9-11-27-12-10-23/h5-8,13H,3-4,9-12,14H2,1-2H3,(H,20,24).